The first-order valence-corrected chi connectivity index (χ1v) is 23.0. The normalized spacial score (nSPS) is 16.3. The Bertz CT molecular complexity index is 2650. The molecule has 0 N–H and O–H groups in total. The molecule has 62 heavy (non-hydrogen) atoms. The minimum Gasteiger partial charge on any atom is -0.378 e. The number of carbonyl (C=O) groups is 4. The van der Waals surface area contributed by atoms with Gasteiger partial charge >= 0.3 is 20.2 Å². The van der Waals surface area contributed by atoms with E-state index in [2.05, 4.69) is 0 Å². The first-order chi connectivity index (χ1) is 28.9. The highest BCUT2D eigenvalue weighted by Gasteiger charge is 2.34. The van der Waals surface area contributed by atoms with Crippen LogP contribution in [0.1, 0.15) is 86.1 Å². The van der Waals surface area contributed by atoms with Gasteiger partial charge in [-0.2, -0.15) is 16.8 Å². The van der Waals surface area contributed by atoms with E-state index >= 15 is 0 Å². The lowest BCUT2D eigenvalue weighted by molar-refractivity contribution is -0.115. The predicted octanol–water partition coefficient (Wildman–Crippen LogP) is 8.33. The second-order valence-corrected chi connectivity index (χ2v) is 21.4. The molecule has 0 radical (unpaired) electrons. The third kappa shape index (κ3) is 9.27. The zero-order valence-electron chi connectivity index (χ0n) is 36.0. The molecule has 3 aliphatic rings. The van der Waals surface area contributed by atoms with Gasteiger partial charge < -0.3 is 8.37 Å². The zero-order chi connectivity index (χ0) is 45.1. The smallest absolute Gasteiger partial charge is 0.339 e. The monoisotopic (exact) mass is 872 g/mol. The highest BCUT2D eigenvalue weighted by molar-refractivity contribution is 7.87. The molecular weight excluding hydrogens is 825 g/mol. The van der Waals surface area contributed by atoms with Crippen molar-refractivity contribution in [3.05, 3.63) is 164 Å². The summed E-state index contributed by atoms with van der Waals surface area (Å²) in [4.78, 5) is 56.2. The van der Waals surface area contributed by atoms with Crippen molar-refractivity contribution in [1.82, 2.24) is 0 Å². The number of benzene rings is 4. The maximum absolute atomic E-state index is 14.7. The van der Waals surface area contributed by atoms with Gasteiger partial charge in [0, 0.05) is 70.2 Å². The lowest BCUT2D eigenvalue weighted by Crippen LogP contribution is -2.23. The van der Waals surface area contributed by atoms with Crippen LogP contribution in [0.3, 0.4) is 0 Å². The molecule has 0 unspecified atom stereocenters. The SMILES string of the molecule is Cc1ccc(S(=O)(=O)Oc2c3cc(C(C)(C)C)cc2CC2=CC(=O)C=C(Cc4cc(C(C)(C)C)cc(c4OS(=O)(=O)c4ccc(C)cc4)CC4=CC(=O)C=C(C3)C4=O)C2=O)cc1. The quantitative estimate of drug-likeness (QED) is 0.136. The Morgan fingerprint density at radius 3 is 0.935 bits per heavy atom. The molecule has 0 atom stereocenters. The van der Waals surface area contributed by atoms with E-state index in [-0.39, 0.29) is 91.5 Å². The highest BCUT2D eigenvalue weighted by atomic mass is 32.2. The fourth-order valence-corrected chi connectivity index (χ4v) is 9.63. The van der Waals surface area contributed by atoms with E-state index in [9.17, 15) is 36.0 Å². The molecule has 0 heterocycles. The maximum Gasteiger partial charge on any atom is 0.339 e. The highest BCUT2D eigenvalue weighted by Crippen LogP contribution is 2.41. The van der Waals surface area contributed by atoms with Crippen LogP contribution in [0.5, 0.6) is 11.5 Å². The summed E-state index contributed by atoms with van der Waals surface area (Å²) in [6.07, 6.45) is 3.85. The number of hydrogen-bond donors (Lipinski definition) is 0. The van der Waals surface area contributed by atoms with Gasteiger partial charge in [-0.05, 0) is 84.4 Å². The standard InChI is InChI=1S/C50H48O10S2/c1-29-9-13-43(14-10-29)61(55,56)59-47-35-17-31-25-41(51)27-33(45(31)53)19-37-23-40(50(6,7)8)24-38(48(37)60-62(57,58)44-15-11-30(2)12-16-44)20-34-28-42(52)26-32(46(34)54)18-36(47)22-39(21-35)49(3,4)5/h9-16,21-28H,17-20H2,1-8H3. The number of carbonyl (C=O) groups excluding carboxylic acids is 4. The number of Topliss-reactive ketones (excluding diaryl/α,β-unsaturated/α-hetero) is 2. The van der Waals surface area contributed by atoms with Gasteiger partial charge in [0.05, 0.1) is 0 Å². The average molecular weight is 873 g/mol. The van der Waals surface area contributed by atoms with Crippen LogP contribution < -0.4 is 8.37 Å². The minimum absolute atomic E-state index is 0.0458. The van der Waals surface area contributed by atoms with Gasteiger partial charge in [0.25, 0.3) is 0 Å². The van der Waals surface area contributed by atoms with E-state index in [0.717, 1.165) is 22.3 Å². The molecule has 0 spiro atoms. The molecule has 0 saturated carbocycles. The van der Waals surface area contributed by atoms with Crippen LogP contribution in [0.25, 0.3) is 0 Å². The Morgan fingerprint density at radius 1 is 0.435 bits per heavy atom. The summed E-state index contributed by atoms with van der Waals surface area (Å²) in [7, 11) is -9.00. The number of fused-ring (bicyclic) bond motifs is 8. The lowest BCUT2D eigenvalue weighted by atomic mass is 9.79. The summed E-state index contributed by atoms with van der Waals surface area (Å²) < 4.78 is 68.1. The van der Waals surface area contributed by atoms with Crippen LogP contribution >= 0.6 is 0 Å². The van der Waals surface area contributed by atoms with Crippen molar-refractivity contribution in [2.24, 2.45) is 0 Å². The van der Waals surface area contributed by atoms with Crippen molar-refractivity contribution < 1.29 is 44.4 Å². The van der Waals surface area contributed by atoms with Crippen molar-refractivity contribution in [3.63, 3.8) is 0 Å². The number of aryl methyl sites for hydroxylation is 2. The molecule has 0 amide bonds. The summed E-state index contributed by atoms with van der Waals surface area (Å²) >= 11 is 0. The van der Waals surface area contributed by atoms with Gasteiger partial charge in [-0.1, -0.05) is 101 Å². The molecule has 0 aliphatic heterocycles. The van der Waals surface area contributed by atoms with Crippen molar-refractivity contribution >= 4 is 43.4 Å². The molecule has 8 bridgehead atoms. The lowest BCUT2D eigenvalue weighted by Gasteiger charge is -2.27. The van der Waals surface area contributed by atoms with Gasteiger partial charge in [0.15, 0.2) is 23.1 Å². The second-order valence-electron chi connectivity index (χ2n) is 18.3. The number of ketones is 4. The molecule has 12 heteroatoms. The molecule has 4 aromatic carbocycles. The Kier molecular flexibility index (Phi) is 11.4. The fraction of sp³-hybridized carbons (Fsp3) is 0.280. The number of hydrogen-bond acceptors (Lipinski definition) is 10. The number of allylic oxidation sites excluding steroid dienone is 8. The maximum atomic E-state index is 14.7. The van der Waals surface area contributed by atoms with Crippen molar-refractivity contribution in [2.45, 2.75) is 102 Å². The Morgan fingerprint density at radius 2 is 0.694 bits per heavy atom. The summed E-state index contributed by atoms with van der Waals surface area (Å²) in [5.41, 5.74) is 3.28. The third-order valence-electron chi connectivity index (χ3n) is 11.2. The topological polar surface area (TPSA) is 155 Å². The van der Waals surface area contributed by atoms with E-state index in [1.54, 1.807) is 48.5 Å². The largest absolute Gasteiger partial charge is 0.378 e. The third-order valence-corrected chi connectivity index (χ3v) is 13.7. The van der Waals surface area contributed by atoms with Crippen LogP contribution in [-0.4, -0.2) is 40.0 Å². The van der Waals surface area contributed by atoms with Crippen LogP contribution in [0, 0.1) is 13.8 Å². The molecule has 0 fully saturated rings. The molecule has 0 saturated heterocycles. The summed E-state index contributed by atoms with van der Waals surface area (Å²) in [6.45, 7) is 15.3. The van der Waals surface area contributed by atoms with Crippen LogP contribution in [-0.2, 0) is 75.9 Å². The van der Waals surface area contributed by atoms with Crippen molar-refractivity contribution in [3.8, 4) is 11.5 Å². The zero-order valence-corrected chi connectivity index (χ0v) is 37.6. The molecule has 0 aromatic heterocycles. The molecule has 320 valence electrons. The predicted molar refractivity (Wildman–Crippen MR) is 235 cm³/mol. The molecular formula is C50H48O10S2. The average Bonchev–Trinajstić information content (AvgIpc) is 3.16. The molecule has 7 rings (SSSR count). The molecule has 3 aliphatic carbocycles. The van der Waals surface area contributed by atoms with Crippen LogP contribution in [0.2, 0.25) is 0 Å². The summed E-state index contributed by atoms with van der Waals surface area (Å²) in [5, 5.41) is 0. The van der Waals surface area contributed by atoms with E-state index in [4.69, 9.17) is 8.37 Å². The Hall–Kier alpha value is -5.98. The fourth-order valence-electron chi connectivity index (χ4n) is 7.63. The summed E-state index contributed by atoms with van der Waals surface area (Å²) in [5.74, 6) is -2.26. The van der Waals surface area contributed by atoms with Crippen molar-refractivity contribution in [2.75, 3.05) is 0 Å². The van der Waals surface area contributed by atoms with E-state index in [0.29, 0.717) is 0 Å². The van der Waals surface area contributed by atoms with E-state index in [1.165, 1.54) is 48.6 Å². The second kappa shape index (κ2) is 16.0. The molecule has 10 nitrogen and oxygen atoms in total. The Labute approximate surface area is 363 Å². The van der Waals surface area contributed by atoms with Crippen LogP contribution in [0.4, 0.5) is 0 Å². The first kappa shape index (κ1) is 44.1. The van der Waals surface area contributed by atoms with Gasteiger partial charge in [0.2, 0.25) is 0 Å². The minimum atomic E-state index is -4.50. The Balaban J connectivity index is 1.46. The van der Waals surface area contributed by atoms with Gasteiger partial charge in [-0.3, -0.25) is 19.2 Å². The van der Waals surface area contributed by atoms with Crippen LogP contribution in [0.15, 0.2) is 129 Å². The first-order valence-electron chi connectivity index (χ1n) is 20.2. The van der Waals surface area contributed by atoms with Gasteiger partial charge in [-0.25, -0.2) is 0 Å². The van der Waals surface area contributed by atoms with Gasteiger partial charge in [0.1, 0.15) is 21.3 Å². The number of rotatable bonds is 6. The van der Waals surface area contributed by atoms with E-state index in [1.807, 2.05) is 55.4 Å². The van der Waals surface area contributed by atoms with Gasteiger partial charge in [-0.15, -0.1) is 0 Å². The summed E-state index contributed by atoms with van der Waals surface area (Å²) in [6, 6.07) is 19.1. The van der Waals surface area contributed by atoms with Crippen molar-refractivity contribution in [1.29, 1.82) is 0 Å². The molecule has 4 aromatic rings. The van der Waals surface area contributed by atoms with E-state index < -0.39 is 54.2 Å².